The fourth-order valence-electron chi connectivity index (χ4n) is 1.60. The second kappa shape index (κ2) is 2.54. The summed E-state index contributed by atoms with van der Waals surface area (Å²) in [4.78, 5) is 10.5. The van der Waals surface area contributed by atoms with Crippen LogP contribution < -0.4 is 0 Å². The van der Waals surface area contributed by atoms with E-state index in [1.807, 2.05) is 0 Å². The first kappa shape index (κ1) is 9.16. The maximum Gasteiger partial charge on any atom is 0.307 e. The number of aliphatic carboxylic acids is 1. The molecule has 2 atom stereocenters. The number of hydrogen-bond acceptors (Lipinski definition) is 1. The minimum Gasteiger partial charge on any atom is -0.481 e. The average Bonchev–Trinajstić information content (AvgIpc) is 2.32. The second-order valence-corrected chi connectivity index (χ2v) is 3.62. The monoisotopic (exact) mass is 176 g/mol. The van der Waals surface area contributed by atoms with Crippen LogP contribution in [-0.2, 0) is 4.79 Å². The van der Waals surface area contributed by atoms with Crippen molar-refractivity contribution in [3.8, 4) is 0 Å². The van der Waals surface area contributed by atoms with Crippen LogP contribution in [0.25, 0.3) is 0 Å². The van der Waals surface area contributed by atoms with Crippen molar-refractivity contribution in [2.45, 2.75) is 13.8 Å². The smallest absolute Gasteiger partial charge is 0.307 e. The van der Waals surface area contributed by atoms with Crippen LogP contribution in [0.15, 0.2) is 12.2 Å². The number of allylic oxidation sites excluding steroid dienone is 1. The Labute approximate surface area is 68.9 Å². The molecule has 0 spiro atoms. The van der Waals surface area contributed by atoms with Crippen LogP contribution in [0.1, 0.15) is 13.8 Å². The Morgan fingerprint density at radius 1 is 1.50 bits per heavy atom. The third kappa shape index (κ3) is 1.33. The van der Waals surface area contributed by atoms with Crippen LogP contribution in [-0.4, -0.2) is 11.1 Å². The molecule has 12 heavy (non-hydrogen) atoms. The van der Waals surface area contributed by atoms with E-state index in [0.29, 0.717) is 0 Å². The summed E-state index contributed by atoms with van der Waals surface area (Å²) in [5.41, 5.74) is -0.519. The number of hydrogen-bond donors (Lipinski definition) is 1. The zero-order valence-corrected chi connectivity index (χ0v) is 6.84. The molecule has 0 aromatic carbocycles. The van der Waals surface area contributed by atoms with Gasteiger partial charge in [0, 0.05) is 5.92 Å². The lowest BCUT2D eigenvalue weighted by Crippen LogP contribution is -2.02. The molecule has 0 heterocycles. The van der Waals surface area contributed by atoms with Crippen molar-refractivity contribution in [3.63, 3.8) is 0 Å². The third-order valence-electron chi connectivity index (χ3n) is 2.48. The van der Waals surface area contributed by atoms with Gasteiger partial charge in [-0.05, 0) is 11.5 Å². The topological polar surface area (TPSA) is 37.3 Å². The largest absolute Gasteiger partial charge is 0.481 e. The van der Waals surface area contributed by atoms with Crippen molar-refractivity contribution in [2.24, 2.45) is 17.3 Å². The van der Waals surface area contributed by atoms with Gasteiger partial charge in [0.15, 0.2) is 0 Å². The molecule has 0 bridgehead atoms. The lowest BCUT2D eigenvalue weighted by atomic mass is 10.1. The Balaban J connectivity index is 2.73. The highest BCUT2D eigenvalue weighted by atomic mass is 19.3. The summed E-state index contributed by atoms with van der Waals surface area (Å²) in [5, 5.41) is 8.60. The summed E-state index contributed by atoms with van der Waals surface area (Å²) < 4.78 is 23.5. The number of carboxylic acid groups (broad SMARTS) is 1. The van der Waals surface area contributed by atoms with E-state index in [4.69, 9.17) is 5.11 Å². The van der Waals surface area contributed by atoms with Gasteiger partial charge in [-0.25, -0.2) is 0 Å². The highest BCUT2D eigenvalue weighted by Crippen LogP contribution is 2.59. The van der Waals surface area contributed by atoms with Crippen LogP contribution >= 0.6 is 0 Å². The molecule has 0 aromatic heterocycles. The molecule has 1 N–H and O–H groups in total. The average molecular weight is 176 g/mol. The fraction of sp³-hybridized carbons (Fsp3) is 0.625. The van der Waals surface area contributed by atoms with E-state index in [9.17, 15) is 13.6 Å². The zero-order valence-electron chi connectivity index (χ0n) is 6.84. The van der Waals surface area contributed by atoms with Crippen molar-refractivity contribution >= 4 is 5.97 Å². The number of rotatable bonds is 2. The molecule has 0 aromatic rings. The fourth-order valence-corrected chi connectivity index (χ4v) is 1.60. The first-order valence-corrected chi connectivity index (χ1v) is 3.63. The molecular formula is C8H10F2O2. The summed E-state index contributed by atoms with van der Waals surface area (Å²) in [6.07, 6.45) is -1.06. The number of carbonyl (C=O) groups is 1. The van der Waals surface area contributed by atoms with Crippen LogP contribution in [0.4, 0.5) is 8.78 Å². The molecule has 4 heteroatoms. The molecule has 1 rings (SSSR count). The highest BCUT2D eigenvalue weighted by molar-refractivity contribution is 5.76. The van der Waals surface area contributed by atoms with Gasteiger partial charge in [-0.1, -0.05) is 13.8 Å². The molecule has 1 aliphatic rings. The molecule has 0 radical (unpaired) electrons. The Hall–Kier alpha value is -0.930. The summed E-state index contributed by atoms with van der Waals surface area (Å²) >= 11 is 0. The standard InChI is InChI=1S/C8H10F2O2/c1-8(2)4(3-5(9)10)6(8)7(11)12/h3-4,6H,1-2H3,(H,11,12)/t4-,6?/m0/s1. The molecule has 0 saturated heterocycles. The van der Waals surface area contributed by atoms with Crippen molar-refractivity contribution in [1.82, 2.24) is 0 Å². The molecule has 1 unspecified atom stereocenters. The van der Waals surface area contributed by atoms with Gasteiger partial charge in [-0.2, -0.15) is 8.78 Å². The van der Waals surface area contributed by atoms with Gasteiger partial charge < -0.3 is 5.11 Å². The van der Waals surface area contributed by atoms with E-state index < -0.39 is 29.3 Å². The normalized spacial score (nSPS) is 31.0. The molecular weight excluding hydrogens is 166 g/mol. The first-order valence-electron chi connectivity index (χ1n) is 3.63. The lowest BCUT2D eigenvalue weighted by molar-refractivity contribution is -0.139. The van der Waals surface area contributed by atoms with E-state index in [1.165, 1.54) is 0 Å². The van der Waals surface area contributed by atoms with Gasteiger partial charge in [0.05, 0.1) is 5.92 Å². The minimum absolute atomic E-state index is 0.514. The van der Waals surface area contributed by atoms with Crippen LogP contribution in [0.3, 0.4) is 0 Å². The SMILES string of the molecule is CC1(C)C(C(=O)O)[C@@H]1C=C(F)F. The van der Waals surface area contributed by atoms with Crippen molar-refractivity contribution in [3.05, 3.63) is 12.2 Å². The summed E-state index contributed by atoms with van der Waals surface area (Å²) in [5.74, 6) is -2.17. The van der Waals surface area contributed by atoms with Crippen LogP contribution in [0, 0.1) is 17.3 Å². The molecule has 1 aliphatic carbocycles. The Morgan fingerprint density at radius 3 is 2.25 bits per heavy atom. The van der Waals surface area contributed by atoms with Gasteiger partial charge in [-0.15, -0.1) is 0 Å². The molecule has 0 amide bonds. The van der Waals surface area contributed by atoms with E-state index in [-0.39, 0.29) is 0 Å². The second-order valence-electron chi connectivity index (χ2n) is 3.62. The minimum atomic E-state index is -1.79. The first-order chi connectivity index (χ1) is 5.37. The predicted molar refractivity (Wildman–Crippen MR) is 38.7 cm³/mol. The van der Waals surface area contributed by atoms with Crippen molar-refractivity contribution in [2.75, 3.05) is 0 Å². The van der Waals surface area contributed by atoms with Crippen LogP contribution in [0.2, 0.25) is 0 Å². The van der Waals surface area contributed by atoms with E-state index in [2.05, 4.69) is 0 Å². The van der Waals surface area contributed by atoms with Gasteiger partial charge >= 0.3 is 5.97 Å². The molecule has 68 valence electrons. The van der Waals surface area contributed by atoms with Crippen molar-refractivity contribution in [1.29, 1.82) is 0 Å². The summed E-state index contributed by atoms with van der Waals surface area (Å²) in [7, 11) is 0. The number of halogens is 2. The van der Waals surface area contributed by atoms with Gasteiger partial charge in [0.25, 0.3) is 6.08 Å². The van der Waals surface area contributed by atoms with Crippen molar-refractivity contribution < 1.29 is 18.7 Å². The Kier molecular flexibility index (Phi) is 1.94. The summed E-state index contributed by atoms with van der Waals surface area (Å²) in [6, 6.07) is 0. The maximum absolute atomic E-state index is 11.8. The van der Waals surface area contributed by atoms with E-state index in [0.717, 1.165) is 6.08 Å². The predicted octanol–water partition coefficient (Wildman–Crippen LogP) is 2.12. The van der Waals surface area contributed by atoms with E-state index >= 15 is 0 Å². The molecule has 1 fully saturated rings. The third-order valence-corrected chi connectivity index (χ3v) is 2.48. The highest BCUT2D eigenvalue weighted by Gasteiger charge is 2.61. The van der Waals surface area contributed by atoms with Gasteiger partial charge in [0.1, 0.15) is 0 Å². The van der Waals surface area contributed by atoms with Crippen LogP contribution in [0.5, 0.6) is 0 Å². The van der Waals surface area contributed by atoms with Gasteiger partial charge in [-0.3, -0.25) is 4.79 Å². The molecule has 0 aliphatic heterocycles. The molecule has 1 saturated carbocycles. The van der Waals surface area contributed by atoms with E-state index in [1.54, 1.807) is 13.8 Å². The summed E-state index contributed by atoms with van der Waals surface area (Å²) in [6.45, 7) is 3.35. The lowest BCUT2D eigenvalue weighted by Gasteiger charge is -1.95. The molecule has 2 nitrogen and oxygen atoms in total. The maximum atomic E-state index is 11.8. The Bertz CT molecular complexity index is 241. The Morgan fingerprint density at radius 2 is 2.00 bits per heavy atom. The number of carboxylic acids is 1. The van der Waals surface area contributed by atoms with Gasteiger partial charge in [0.2, 0.25) is 0 Å². The quantitative estimate of drug-likeness (QED) is 0.699. The zero-order chi connectivity index (χ0) is 9.52.